The third-order valence-electron chi connectivity index (χ3n) is 5.97. The molecule has 0 heterocycles. The van der Waals surface area contributed by atoms with Gasteiger partial charge in [-0.05, 0) is 48.8 Å². The molecule has 1 heteroatoms. The zero-order chi connectivity index (χ0) is 16.3. The molecule has 3 rings (SSSR count). The Morgan fingerprint density at radius 3 is 1.52 bits per heavy atom. The fourth-order valence-electron chi connectivity index (χ4n) is 4.57. The van der Waals surface area contributed by atoms with Crippen LogP contribution >= 0.6 is 0 Å². The lowest BCUT2D eigenvalue weighted by molar-refractivity contribution is 0.340. The van der Waals surface area contributed by atoms with Crippen LogP contribution in [0.5, 0.6) is 0 Å². The maximum absolute atomic E-state index is 2.84. The van der Waals surface area contributed by atoms with Crippen molar-refractivity contribution in [3.05, 3.63) is 29.8 Å². The smallest absolute Gasteiger partial charge is 0.0371 e. The molecule has 0 saturated heterocycles. The van der Waals surface area contributed by atoms with Crippen LogP contribution in [0.15, 0.2) is 24.3 Å². The van der Waals surface area contributed by atoms with Crippen LogP contribution in [-0.4, -0.2) is 12.1 Å². The summed E-state index contributed by atoms with van der Waals surface area (Å²) in [5.41, 5.74) is 3.18. The average Bonchev–Trinajstić information content (AvgIpc) is 2.57. The predicted molar refractivity (Wildman–Crippen MR) is 101 cm³/mol. The van der Waals surface area contributed by atoms with Crippen molar-refractivity contribution in [1.82, 2.24) is 0 Å². The van der Waals surface area contributed by atoms with Gasteiger partial charge in [0.2, 0.25) is 0 Å². The Bertz CT molecular complexity index is 452. The van der Waals surface area contributed by atoms with Gasteiger partial charge in [0, 0.05) is 17.8 Å². The van der Waals surface area contributed by atoms with E-state index in [4.69, 9.17) is 0 Å². The zero-order valence-electron chi connectivity index (χ0n) is 15.5. The van der Waals surface area contributed by atoms with Crippen LogP contribution in [0, 0.1) is 0 Å². The van der Waals surface area contributed by atoms with Crippen molar-refractivity contribution in [3.63, 3.8) is 0 Å². The van der Waals surface area contributed by atoms with Gasteiger partial charge >= 0.3 is 0 Å². The van der Waals surface area contributed by atoms with Gasteiger partial charge in [-0.1, -0.05) is 71.4 Å². The van der Waals surface area contributed by atoms with Crippen LogP contribution in [-0.2, 0) is 5.41 Å². The number of hydrogen-bond acceptors (Lipinski definition) is 1. The summed E-state index contributed by atoms with van der Waals surface area (Å²) < 4.78 is 0. The lowest BCUT2D eigenvalue weighted by Crippen LogP contribution is -2.45. The summed E-state index contributed by atoms with van der Waals surface area (Å²) in [5.74, 6) is 0. The number of anilines is 1. The van der Waals surface area contributed by atoms with Crippen molar-refractivity contribution in [2.24, 2.45) is 0 Å². The van der Waals surface area contributed by atoms with E-state index in [1.807, 2.05) is 0 Å². The van der Waals surface area contributed by atoms with Gasteiger partial charge < -0.3 is 4.90 Å². The van der Waals surface area contributed by atoms with Crippen molar-refractivity contribution in [1.29, 1.82) is 0 Å². The van der Waals surface area contributed by atoms with Crippen molar-refractivity contribution in [2.75, 3.05) is 4.90 Å². The van der Waals surface area contributed by atoms with Crippen LogP contribution in [0.4, 0.5) is 5.69 Å². The lowest BCUT2D eigenvalue weighted by Gasteiger charge is -2.43. The van der Waals surface area contributed by atoms with E-state index in [0.717, 1.165) is 12.1 Å². The molecule has 2 fully saturated rings. The molecule has 2 aliphatic carbocycles. The van der Waals surface area contributed by atoms with Crippen LogP contribution in [0.2, 0.25) is 0 Å². The Hall–Kier alpha value is -0.980. The maximum Gasteiger partial charge on any atom is 0.0371 e. The number of nitrogens with zero attached hydrogens (tertiary/aromatic N) is 1. The maximum atomic E-state index is 2.84. The molecule has 1 aromatic carbocycles. The van der Waals surface area contributed by atoms with Gasteiger partial charge in [0.1, 0.15) is 0 Å². The zero-order valence-corrected chi connectivity index (χ0v) is 15.5. The fraction of sp³-hybridized carbons (Fsp3) is 0.727. The van der Waals surface area contributed by atoms with Crippen molar-refractivity contribution in [2.45, 2.75) is 102 Å². The molecular formula is C22H35N. The summed E-state index contributed by atoms with van der Waals surface area (Å²) in [6, 6.07) is 11.1. The average molecular weight is 314 g/mol. The van der Waals surface area contributed by atoms with E-state index in [1.54, 1.807) is 0 Å². The van der Waals surface area contributed by atoms with Crippen molar-refractivity contribution < 1.29 is 0 Å². The highest BCUT2D eigenvalue weighted by Gasteiger charge is 2.29. The summed E-state index contributed by atoms with van der Waals surface area (Å²) in [5, 5.41) is 0. The lowest BCUT2D eigenvalue weighted by atomic mass is 9.86. The summed E-state index contributed by atoms with van der Waals surface area (Å²) in [6.07, 6.45) is 14.2. The third-order valence-corrected chi connectivity index (χ3v) is 5.97. The van der Waals surface area contributed by atoms with Gasteiger partial charge in [0.05, 0.1) is 0 Å². The number of hydrogen-bond donors (Lipinski definition) is 0. The van der Waals surface area contributed by atoms with Gasteiger partial charge in [-0.3, -0.25) is 0 Å². The normalized spacial score (nSPS) is 21.3. The summed E-state index contributed by atoms with van der Waals surface area (Å²) >= 11 is 0. The Morgan fingerprint density at radius 2 is 1.13 bits per heavy atom. The van der Waals surface area contributed by atoms with Crippen LogP contribution in [0.25, 0.3) is 0 Å². The van der Waals surface area contributed by atoms with E-state index in [-0.39, 0.29) is 5.41 Å². The summed E-state index contributed by atoms with van der Waals surface area (Å²) in [4.78, 5) is 2.84. The second kappa shape index (κ2) is 7.28. The Kier molecular flexibility index (Phi) is 5.34. The van der Waals surface area contributed by atoms with E-state index >= 15 is 0 Å². The minimum Gasteiger partial charge on any atom is -0.366 e. The van der Waals surface area contributed by atoms with E-state index in [9.17, 15) is 0 Å². The molecule has 0 atom stereocenters. The minimum absolute atomic E-state index is 0.249. The largest absolute Gasteiger partial charge is 0.366 e. The highest BCUT2D eigenvalue weighted by atomic mass is 15.2. The molecule has 0 radical (unpaired) electrons. The van der Waals surface area contributed by atoms with E-state index in [2.05, 4.69) is 49.9 Å². The third kappa shape index (κ3) is 4.11. The highest BCUT2D eigenvalue weighted by Crippen LogP contribution is 2.35. The first kappa shape index (κ1) is 16.9. The second-order valence-corrected chi connectivity index (χ2v) is 8.79. The molecule has 128 valence electrons. The van der Waals surface area contributed by atoms with Crippen molar-refractivity contribution >= 4 is 5.69 Å². The Balaban J connectivity index is 1.84. The van der Waals surface area contributed by atoms with Crippen LogP contribution in [0.3, 0.4) is 0 Å². The summed E-state index contributed by atoms with van der Waals surface area (Å²) in [6.45, 7) is 6.92. The number of benzene rings is 1. The van der Waals surface area contributed by atoms with Crippen LogP contribution in [0.1, 0.15) is 90.5 Å². The van der Waals surface area contributed by atoms with Gasteiger partial charge in [-0.2, -0.15) is 0 Å². The van der Waals surface area contributed by atoms with Crippen molar-refractivity contribution in [3.8, 4) is 0 Å². The minimum atomic E-state index is 0.249. The van der Waals surface area contributed by atoms with E-state index < -0.39 is 0 Å². The molecule has 0 bridgehead atoms. The second-order valence-electron chi connectivity index (χ2n) is 8.79. The van der Waals surface area contributed by atoms with E-state index in [1.165, 1.54) is 75.5 Å². The SMILES string of the molecule is CC(C)(C)c1ccc(N(C2CCCCC2)C2CCCCC2)cc1. The number of rotatable bonds is 3. The Morgan fingerprint density at radius 1 is 0.696 bits per heavy atom. The fourth-order valence-corrected chi connectivity index (χ4v) is 4.57. The molecule has 0 unspecified atom stereocenters. The first-order valence-electron chi connectivity index (χ1n) is 9.94. The first-order valence-corrected chi connectivity index (χ1v) is 9.94. The van der Waals surface area contributed by atoms with Crippen LogP contribution < -0.4 is 4.90 Å². The highest BCUT2D eigenvalue weighted by molar-refractivity contribution is 5.50. The Labute approximate surface area is 143 Å². The first-order chi connectivity index (χ1) is 11.1. The molecule has 0 aromatic heterocycles. The molecule has 0 amide bonds. The molecule has 2 saturated carbocycles. The molecule has 2 aliphatic rings. The van der Waals surface area contributed by atoms with E-state index in [0.29, 0.717) is 0 Å². The topological polar surface area (TPSA) is 3.24 Å². The molecule has 0 aliphatic heterocycles. The molecule has 23 heavy (non-hydrogen) atoms. The quantitative estimate of drug-likeness (QED) is 0.619. The predicted octanol–water partition coefficient (Wildman–Crippen LogP) is 6.46. The summed E-state index contributed by atoms with van der Waals surface area (Å²) in [7, 11) is 0. The van der Waals surface area contributed by atoms with Gasteiger partial charge in [0.15, 0.2) is 0 Å². The van der Waals surface area contributed by atoms with Gasteiger partial charge in [0.25, 0.3) is 0 Å². The standard InChI is InChI=1S/C22H35N/c1-22(2,3)18-14-16-21(17-15-18)23(19-10-6-4-7-11-19)20-12-8-5-9-13-20/h14-17,19-20H,4-13H2,1-3H3. The monoisotopic (exact) mass is 313 g/mol. The van der Waals surface area contributed by atoms with Gasteiger partial charge in [-0.15, -0.1) is 0 Å². The molecule has 1 nitrogen and oxygen atoms in total. The molecule has 0 N–H and O–H groups in total. The molecule has 0 spiro atoms. The molecular weight excluding hydrogens is 278 g/mol. The molecule has 1 aromatic rings. The van der Waals surface area contributed by atoms with Gasteiger partial charge in [-0.25, -0.2) is 0 Å².